The van der Waals surface area contributed by atoms with Crippen LogP contribution in [0.3, 0.4) is 0 Å². The van der Waals surface area contributed by atoms with Gasteiger partial charge in [0, 0.05) is 12.1 Å². The van der Waals surface area contributed by atoms with E-state index in [0.29, 0.717) is 5.82 Å². The van der Waals surface area contributed by atoms with Crippen LogP contribution < -0.4 is 5.32 Å². The third kappa shape index (κ3) is 5.39. The second-order valence-electron chi connectivity index (χ2n) is 10.5. The summed E-state index contributed by atoms with van der Waals surface area (Å²) in [6, 6.07) is 48.3. The lowest BCUT2D eigenvalue weighted by molar-refractivity contribution is 0.396. The summed E-state index contributed by atoms with van der Waals surface area (Å²) < 4.78 is 0. The van der Waals surface area contributed by atoms with Gasteiger partial charge in [0.1, 0.15) is 0 Å². The molecule has 0 saturated carbocycles. The lowest BCUT2D eigenvalue weighted by Crippen LogP contribution is -2.39. The molecule has 208 valence electrons. The number of benzene rings is 5. The molecule has 5 heteroatoms. The Balaban J connectivity index is 1.44. The summed E-state index contributed by atoms with van der Waals surface area (Å²) in [6.45, 7) is 4.13. The van der Waals surface area contributed by atoms with Crippen molar-refractivity contribution in [2.24, 2.45) is 0 Å². The third-order valence-corrected chi connectivity index (χ3v) is 7.76. The van der Waals surface area contributed by atoms with E-state index in [1.165, 1.54) is 18.4 Å². The molecular weight excluding hydrogens is 514 g/mol. The number of hydrogen-bond acceptors (Lipinski definition) is 4. The fraction of sp³-hybridized carbons (Fsp3) is 0.162. The van der Waals surface area contributed by atoms with Crippen LogP contribution in [-0.2, 0) is 12.1 Å². The number of tetrazole rings is 1. The Morgan fingerprint density at radius 3 is 1.69 bits per heavy atom. The molecule has 0 amide bonds. The molecule has 0 radical (unpaired) electrons. The zero-order chi connectivity index (χ0) is 28.6. The molecule has 0 saturated heterocycles. The van der Waals surface area contributed by atoms with Gasteiger partial charge in [0.25, 0.3) is 0 Å². The molecule has 1 N–H and O–H groups in total. The van der Waals surface area contributed by atoms with Gasteiger partial charge in [-0.3, -0.25) is 0 Å². The molecule has 1 aromatic heterocycles. The van der Waals surface area contributed by atoms with E-state index < -0.39 is 5.54 Å². The summed E-state index contributed by atoms with van der Waals surface area (Å²) in [5, 5.41) is 18.1. The standard InChI is InChI=1S/C37H35N5/c1-2-3-27-38-28-29-23-25-30(26-24-29)34-21-13-14-22-35(34)36-39-41-42(40-36)37(31-15-7-4-8-16-31,32-17-9-5-10-18-32)33-19-11-6-12-20-33/h4-26,38H,2-3,27-28H2,1H3. The highest BCUT2D eigenvalue weighted by molar-refractivity contribution is 5.80. The molecule has 0 spiro atoms. The van der Waals surface area contributed by atoms with Crippen molar-refractivity contribution < 1.29 is 0 Å². The monoisotopic (exact) mass is 549 g/mol. The van der Waals surface area contributed by atoms with Gasteiger partial charge in [0.05, 0.1) is 0 Å². The van der Waals surface area contributed by atoms with Gasteiger partial charge < -0.3 is 5.32 Å². The predicted octanol–water partition coefficient (Wildman–Crippen LogP) is 7.74. The van der Waals surface area contributed by atoms with Crippen molar-refractivity contribution in [2.75, 3.05) is 6.54 Å². The van der Waals surface area contributed by atoms with Gasteiger partial charge in [-0.2, -0.15) is 0 Å². The molecule has 6 aromatic rings. The minimum atomic E-state index is -0.809. The molecule has 1 heterocycles. The second-order valence-corrected chi connectivity index (χ2v) is 10.5. The van der Waals surface area contributed by atoms with Crippen LogP contribution in [0.5, 0.6) is 0 Å². The number of nitrogens with one attached hydrogen (secondary N) is 1. The lowest BCUT2D eigenvalue weighted by atomic mass is 9.77. The van der Waals surface area contributed by atoms with E-state index in [4.69, 9.17) is 10.3 Å². The molecule has 0 aliphatic carbocycles. The zero-order valence-corrected chi connectivity index (χ0v) is 23.9. The summed E-state index contributed by atoms with van der Waals surface area (Å²) in [5.74, 6) is 0.586. The van der Waals surface area contributed by atoms with Crippen molar-refractivity contribution in [3.63, 3.8) is 0 Å². The Labute approximate surface area is 247 Å². The van der Waals surface area contributed by atoms with E-state index in [1.807, 2.05) is 24.3 Å². The first-order chi connectivity index (χ1) is 20.8. The molecule has 0 unspecified atom stereocenters. The first-order valence-electron chi connectivity index (χ1n) is 14.7. The highest BCUT2D eigenvalue weighted by Gasteiger charge is 2.41. The van der Waals surface area contributed by atoms with Crippen molar-refractivity contribution >= 4 is 0 Å². The SMILES string of the molecule is CCCCNCc1ccc(-c2ccccc2-c2nnn(C(c3ccccc3)(c3ccccc3)c3ccccc3)n2)cc1. The number of rotatable bonds is 11. The van der Waals surface area contributed by atoms with E-state index >= 15 is 0 Å². The van der Waals surface area contributed by atoms with E-state index in [2.05, 4.69) is 133 Å². The summed E-state index contributed by atoms with van der Waals surface area (Å²) in [7, 11) is 0. The fourth-order valence-corrected chi connectivity index (χ4v) is 5.62. The quantitative estimate of drug-likeness (QED) is 0.133. The Morgan fingerprint density at radius 2 is 1.14 bits per heavy atom. The van der Waals surface area contributed by atoms with Crippen LogP contribution in [-0.4, -0.2) is 26.8 Å². The largest absolute Gasteiger partial charge is 0.313 e. The van der Waals surface area contributed by atoms with Gasteiger partial charge in [-0.25, -0.2) is 0 Å². The highest BCUT2D eigenvalue weighted by atomic mass is 15.6. The van der Waals surface area contributed by atoms with E-state index in [-0.39, 0.29) is 0 Å². The first-order valence-corrected chi connectivity index (χ1v) is 14.7. The van der Waals surface area contributed by atoms with Gasteiger partial charge in [-0.05, 0) is 51.6 Å². The normalized spacial score (nSPS) is 11.5. The van der Waals surface area contributed by atoms with Gasteiger partial charge in [0.15, 0.2) is 5.54 Å². The van der Waals surface area contributed by atoms with Gasteiger partial charge in [-0.15, -0.1) is 15.0 Å². The molecule has 0 fully saturated rings. The maximum atomic E-state index is 5.13. The van der Waals surface area contributed by atoms with Gasteiger partial charge in [0.2, 0.25) is 5.82 Å². The fourth-order valence-electron chi connectivity index (χ4n) is 5.62. The maximum Gasteiger partial charge on any atom is 0.205 e. The Hall–Kier alpha value is -4.87. The predicted molar refractivity (Wildman–Crippen MR) is 170 cm³/mol. The molecule has 42 heavy (non-hydrogen) atoms. The molecule has 6 rings (SSSR count). The molecule has 0 aliphatic heterocycles. The van der Waals surface area contributed by atoms with Crippen LogP contribution in [0.2, 0.25) is 0 Å². The number of unbranched alkanes of at least 4 members (excludes halogenated alkanes) is 1. The maximum absolute atomic E-state index is 5.13. The summed E-state index contributed by atoms with van der Waals surface area (Å²) in [5.41, 5.74) is 6.78. The molecule has 5 nitrogen and oxygen atoms in total. The van der Waals surface area contributed by atoms with Crippen LogP contribution >= 0.6 is 0 Å². The van der Waals surface area contributed by atoms with Crippen molar-refractivity contribution in [1.82, 2.24) is 25.5 Å². The smallest absolute Gasteiger partial charge is 0.205 e. The van der Waals surface area contributed by atoms with E-state index in [1.54, 1.807) is 4.80 Å². The lowest BCUT2D eigenvalue weighted by Gasteiger charge is -2.34. The number of aromatic nitrogens is 4. The Kier molecular flexibility index (Phi) is 8.29. The summed E-state index contributed by atoms with van der Waals surface area (Å²) >= 11 is 0. The average molecular weight is 550 g/mol. The van der Waals surface area contributed by atoms with E-state index in [9.17, 15) is 0 Å². The molecule has 5 aromatic carbocycles. The minimum absolute atomic E-state index is 0.586. The van der Waals surface area contributed by atoms with Crippen molar-refractivity contribution in [3.05, 3.63) is 162 Å². The molecule has 0 atom stereocenters. The van der Waals surface area contributed by atoms with Gasteiger partial charge in [-0.1, -0.05) is 153 Å². The van der Waals surface area contributed by atoms with Crippen LogP contribution in [0, 0.1) is 0 Å². The van der Waals surface area contributed by atoms with Crippen LogP contribution in [0.4, 0.5) is 0 Å². The van der Waals surface area contributed by atoms with Crippen molar-refractivity contribution in [2.45, 2.75) is 31.8 Å². The Morgan fingerprint density at radius 1 is 0.619 bits per heavy atom. The Bertz CT molecular complexity index is 1600. The van der Waals surface area contributed by atoms with Crippen molar-refractivity contribution in [3.8, 4) is 22.5 Å². The van der Waals surface area contributed by atoms with Crippen LogP contribution in [0.25, 0.3) is 22.5 Å². The topological polar surface area (TPSA) is 55.6 Å². The summed E-state index contributed by atoms with van der Waals surface area (Å²) in [4.78, 5) is 1.78. The van der Waals surface area contributed by atoms with Crippen molar-refractivity contribution in [1.29, 1.82) is 0 Å². The molecular formula is C37H35N5. The first kappa shape index (κ1) is 27.3. The molecule has 0 bridgehead atoms. The molecule has 0 aliphatic rings. The van der Waals surface area contributed by atoms with Gasteiger partial charge >= 0.3 is 0 Å². The van der Waals surface area contributed by atoms with Crippen LogP contribution in [0.1, 0.15) is 42.0 Å². The zero-order valence-electron chi connectivity index (χ0n) is 23.9. The number of hydrogen-bond donors (Lipinski definition) is 1. The van der Waals surface area contributed by atoms with E-state index in [0.717, 1.165) is 46.5 Å². The highest BCUT2D eigenvalue weighted by Crippen LogP contribution is 2.40. The number of nitrogens with zero attached hydrogens (tertiary/aromatic N) is 4. The summed E-state index contributed by atoms with van der Waals surface area (Å²) in [6.07, 6.45) is 2.39. The second kappa shape index (κ2) is 12.8. The average Bonchev–Trinajstić information content (AvgIpc) is 3.56. The minimum Gasteiger partial charge on any atom is -0.313 e. The van der Waals surface area contributed by atoms with Crippen LogP contribution in [0.15, 0.2) is 140 Å². The third-order valence-electron chi connectivity index (χ3n) is 7.76.